The predicted octanol–water partition coefficient (Wildman–Crippen LogP) is 4.94. The summed E-state index contributed by atoms with van der Waals surface area (Å²) in [5.41, 5.74) is -1.33. The van der Waals surface area contributed by atoms with Crippen LogP contribution in [0.5, 0.6) is 0 Å². The second-order valence-electron chi connectivity index (χ2n) is 5.35. The van der Waals surface area contributed by atoms with E-state index in [4.69, 9.17) is 0 Å². The second-order valence-corrected chi connectivity index (χ2v) is 6.65. The van der Waals surface area contributed by atoms with Gasteiger partial charge in [0.2, 0.25) is 0 Å². The molecular formula is C17H13F4N3OS. The van der Waals surface area contributed by atoms with Crippen LogP contribution in [0, 0.1) is 5.82 Å². The van der Waals surface area contributed by atoms with Crippen molar-refractivity contribution in [3.63, 3.8) is 0 Å². The lowest BCUT2D eigenvalue weighted by Crippen LogP contribution is -2.12. The van der Waals surface area contributed by atoms with E-state index in [0.29, 0.717) is 16.3 Å². The van der Waals surface area contributed by atoms with Gasteiger partial charge < -0.3 is 10.3 Å². The molecule has 0 fully saturated rings. The van der Waals surface area contributed by atoms with Crippen LogP contribution in [0.2, 0.25) is 0 Å². The van der Waals surface area contributed by atoms with Crippen LogP contribution < -0.4 is 10.9 Å². The summed E-state index contributed by atoms with van der Waals surface area (Å²) in [6.07, 6.45) is -3.54. The molecule has 0 radical (unpaired) electrons. The summed E-state index contributed by atoms with van der Waals surface area (Å²) in [4.78, 5) is 18.8. The fourth-order valence-corrected chi connectivity index (χ4v) is 3.21. The summed E-state index contributed by atoms with van der Waals surface area (Å²) in [7, 11) is 0. The zero-order chi connectivity index (χ0) is 18.9. The number of thioether (sulfide) groups is 1. The van der Waals surface area contributed by atoms with Crippen molar-refractivity contribution in [2.45, 2.75) is 18.0 Å². The number of hydrogen-bond donors (Lipinski definition) is 2. The third-order valence-corrected chi connectivity index (χ3v) is 4.54. The number of halogens is 4. The molecule has 2 aromatic carbocycles. The van der Waals surface area contributed by atoms with E-state index < -0.39 is 23.1 Å². The number of aromatic amines is 1. The maximum absolute atomic E-state index is 13.6. The molecule has 0 aliphatic heterocycles. The van der Waals surface area contributed by atoms with Crippen molar-refractivity contribution in [1.82, 2.24) is 9.97 Å². The van der Waals surface area contributed by atoms with E-state index in [1.54, 1.807) is 6.07 Å². The zero-order valence-electron chi connectivity index (χ0n) is 13.4. The maximum atomic E-state index is 13.6. The Balaban J connectivity index is 2.21. The van der Waals surface area contributed by atoms with Crippen molar-refractivity contribution in [2.24, 2.45) is 0 Å². The van der Waals surface area contributed by atoms with Crippen LogP contribution in [0.15, 0.2) is 46.3 Å². The second kappa shape index (κ2) is 6.99. The molecule has 0 saturated carbocycles. The first-order valence-electron chi connectivity index (χ1n) is 7.57. The topological polar surface area (TPSA) is 57.8 Å². The number of benzene rings is 2. The van der Waals surface area contributed by atoms with Crippen LogP contribution in [0.4, 0.5) is 28.9 Å². The van der Waals surface area contributed by atoms with Gasteiger partial charge in [0.15, 0.2) is 0 Å². The van der Waals surface area contributed by atoms with Gasteiger partial charge in [-0.15, -0.1) is 11.8 Å². The van der Waals surface area contributed by atoms with Crippen molar-refractivity contribution in [3.8, 4) is 0 Å². The minimum Gasteiger partial charge on any atom is -0.353 e. The summed E-state index contributed by atoms with van der Waals surface area (Å²) < 4.78 is 53.3. The van der Waals surface area contributed by atoms with Gasteiger partial charge in [-0.3, -0.25) is 4.79 Å². The van der Waals surface area contributed by atoms with Crippen molar-refractivity contribution in [2.75, 3.05) is 11.1 Å². The van der Waals surface area contributed by atoms with E-state index in [-0.39, 0.29) is 16.6 Å². The molecule has 0 bridgehead atoms. The number of aromatic nitrogens is 2. The third kappa shape index (κ3) is 3.67. The minimum atomic E-state index is -4.64. The molecule has 0 atom stereocenters. The molecule has 2 N–H and O–H groups in total. The monoisotopic (exact) mass is 383 g/mol. The predicted molar refractivity (Wildman–Crippen MR) is 93.4 cm³/mol. The quantitative estimate of drug-likeness (QED) is 0.495. The number of fused-ring (bicyclic) bond motifs is 1. The number of nitrogens with zero attached hydrogens (tertiary/aromatic N) is 1. The maximum Gasteiger partial charge on any atom is 0.416 e. The molecule has 1 aromatic heterocycles. The van der Waals surface area contributed by atoms with Gasteiger partial charge in [0.1, 0.15) is 11.3 Å². The normalized spacial score (nSPS) is 11.7. The van der Waals surface area contributed by atoms with Crippen molar-refractivity contribution in [1.29, 1.82) is 0 Å². The largest absolute Gasteiger partial charge is 0.416 e. The third-order valence-electron chi connectivity index (χ3n) is 3.58. The van der Waals surface area contributed by atoms with Gasteiger partial charge in [0.05, 0.1) is 28.7 Å². The lowest BCUT2D eigenvalue weighted by atomic mass is 10.1. The van der Waals surface area contributed by atoms with Crippen LogP contribution >= 0.6 is 11.8 Å². The molecule has 0 aliphatic carbocycles. The zero-order valence-corrected chi connectivity index (χ0v) is 14.3. The van der Waals surface area contributed by atoms with Crippen molar-refractivity contribution >= 4 is 34.0 Å². The Morgan fingerprint density at radius 1 is 1.19 bits per heavy atom. The first kappa shape index (κ1) is 18.2. The summed E-state index contributed by atoms with van der Waals surface area (Å²) in [6, 6.07) is 5.62. The van der Waals surface area contributed by atoms with Crippen LogP contribution in [0.3, 0.4) is 0 Å². The summed E-state index contributed by atoms with van der Waals surface area (Å²) in [6.45, 7) is 1.90. The number of H-pyrrole nitrogens is 1. The van der Waals surface area contributed by atoms with E-state index in [1.807, 2.05) is 6.92 Å². The lowest BCUT2D eigenvalue weighted by molar-refractivity contribution is -0.137. The molecule has 26 heavy (non-hydrogen) atoms. The number of alkyl halides is 3. The standard InChI is InChI=1S/C17H13F4N3OS/c1-2-26-14-4-3-10(18)7-12(14)24-13-6-9(17(19,20)21)5-11-15(13)22-8-23-16(11)25/h3-8,24H,2H2,1H3,(H,22,23,25). The number of hydrogen-bond acceptors (Lipinski definition) is 4. The van der Waals surface area contributed by atoms with Gasteiger partial charge in [-0.1, -0.05) is 6.92 Å². The smallest absolute Gasteiger partial charge is 0.353 e. The van der Waals surface area contributed by atoms with E-state index in [2.05, 4.69) is 15.3 Å². The Morgan fingerprint density at radius 3 is 2.65 bits per heavy atom. The molecule has 0 spiro atoms. The molecule has 0 unspecified atom stereocenters. The van der Waals surface area contributed by atoms with E-state index in [9.17, 15) is 22.4 Å². The summed E-state index contributed by atoms with van der Waals surface area (Å²) in [5, 5.41) is 2.60. The van der Waals surface area contributed by atoms with Gasteiger partial charge >= 0.3 is 6.18 Å². The van der Waals surface area contributed by atoms with Gasteiger partial charge in [-0.2, -0.15) is 13.2 Å². The van der Waals surface area contributed by atoms with Gasteiger partial charge in [0, 0.05) is 4.90 Å². The highest BCUT2D eigenvalue weighted by Gasteiger charge is 2.32. The average Bonchev–Trinajstić information content (AvgIpc) is 2.57. The van der Waals surface area contributed by atoms with Crippen molar-refractivity contribution < 1.29 is 17.6 Å². The molecule has 3 aromatic rings. The summed E-state index contributed by atoms with van der Waals surface area (Å²) >= 11 is 1.41. The van der Waals surface area contributed by atoms with E-state index in [1.165, 1.54) is 23.9 Å². The van der Waals surface area contributed by atoms with Crippen LogP contribution in [-0.4, -0.2) is 15.7 Å². The summed E-state index contributed by atoms with van der Waals surface area (Å²) in [5.74, 6) is 0.164. The highest BCUT2D eigenvalue weighted by molar-refractivity contribution is 7.99. The average molecular weight is 383 g/mol. The first-order valence-corrected chi connectivity index (χ1v) is 8.56. The Hall–Kier alpha value is -2.55. The number of rotatable bonds is 4. The van der Waals surface area contributed by atoms with E-state index >= 15 is 0 Å². The van der Waals surface area contributed by atoms with Crippen LogP contribution in [0.25, 0.3) is 10.9 Å². The number of anilines is 2. The molecule has 136 valence electrons. The van der Waals surface area contributed by atoms with Crippen molar-refractivity contribution in [3.05, 3.63) is 58.4 Å². The molecule has 4 nitrogen and oxygen atoms in total. The van der Waals surface area contributed by atoms with Crippen LogP contribution in [0.1, 0.15) is 12.5 Å². The molecular weight excluding hydrogens is 370 g/mol. The van der Waals surface area contributed by atoms with Gasteiger partial charge in [0.25, 0.3) is 5.56 Å². The fraction of sp³-hybridized carbons (Fsp3) is 0.176. The Kier molecular flexibility index (Phi) is 4.90. The first-order chi connectivity index (χ1) is 12.3. The van der Waals surface area contributed by atoms with Crippen LogP contribution in [-0.2, 0) is 6.18 Å². The van der Waals surface area contributed by atoms with Gasteiger partial charge in [-0.05, 0) is 36.1 Å². The molecule has 0 saturated heterocycles. The Labute approximate surface area is 149 Å². The minimum absolute atomic E-state index is 0.0236. The molecule has 3 rings (SSSR count). The SMILES string of the molecule is CCSc1ccc(F)cc1Nc1cc(C(F)(F)F)cc2c(=O)[nH]cnc12. The molecule has 0 amide bonds. The number of nitrogens with one attached hydrogen (secondary N) is 2. The molecule has 1 heterocycles. The Bertz CT molecular complexity index is 1020. The Morgan fingerprint density at radius 2 is 1.96 bits per heavy atom. The fourth-order valence-electron chi connectivity index (χ4n) is 2.47. The van der Waals surface area contributed by atoms with Gasteiger partial charge in [-0.25, -0.2) is 9.37 Å². The molecule has 9 heteroatoms. The highest BCUT2D eigenvalue weighted by atomic mass is 32.2. The highest BCUT2D eigenvalue weighted by Crippen LogP contribution is 2.36. The van der Waals surface area contributed by atoms with E-state index in [0.717, 1.165) is 18.5 Å². The lowest BCUT2D eigenvalue weighted by Gasteiger charge is -2.15. The molecule has 0 aliphatic rings.